The molecule has 8 nitrogen and oxygen atoms in total. The minimum Gasteiger partial charge on any atom is -0.508 e. The second-order valence-electron chi connectivity index (χ2n) is 7.09. The Morgan fingerprint density at radius 2 is 1.77 bits per heavy atom. The van der Waals surface area contributed by atoms with E-state index < -0.39 is 0 Å². The smallest absolute Gasteiger partial charge is 0.257 e. The minimum atomic E-state index is -0.283. The van der Waals surface area contributed by atoms with Crippen molar-refractivity contribution in [3.8, 4) is 11.5 Å². The molecule has 0 saturated heterocycles. The van der Waals surface area contributed by atoms with Gasteiger partial charge in [-0.1, -0.05) is 12.1 Å². The fourth-order valence-electron chi connectivity index (χ4n) is 2.72. The van der Waals surface area contributed by atoms with Gasteiger partial charge in [-0.05, 0) is 49.6 Å². The number of aromatic hydroxyl groups is 1. The van der Waals surface area contributed by atoms with Crippen LogP contribution in [-0.2, 0) is 9.59 Å². The Labute approximate surface area is 174 Å². The topological polar surface area (TPSA) is 117 Å². The van der Waals surface area contributed by atoms with E-state index in [0.717, 1.165) is 12.8 Å². The van der Waals surface area contributed by atoms with Crippen LogP contribution in [0, 0.1) is 5.92 Å². The van der Waals surface area contributed by atoms with Gasteiger partial charge >= 0.3 is 0 Å². The Kier molecular flexibility index (Phi) is 7.26. The molecule has 0 bridgehead atoms. The number of amides is 3. The highest BCUT2D eigenvalue weighted by Crippen LogP contribution is 2.30. The molecule has 1 saturated carbocycles. The average molecular weight is 411 g/mol. The van der Waals surface area contributed by atoms with Crippen LogP contribution in [0.15, 0.2) is 48.5 Å². The number of carbonyl (C=O) groups is 3. The molecule has 0 aliphatic heterocycles. The Bertz CT molecular complexity index is 911. The predicted molar refractivity (Wildman–Crippen MR) is 111 cm³/mol. The van der Waals surface area contributed by atoms with E-state index in [1.54, 1.807) is 36.4 Å². The minimum absolute atomic E-state index is 0.0149. The van der Waals surface area contributed by atoms with Gasteiger partial charge in [0.15, 0.2) is 6.61 Å². The molecule has 4 N–H and O–H groups in total. The number of hydrogen-bond donors (Lipinski definition) is 4. The maximum absolute atomic E-state index is 11.9. The van der Waals surface area contributed by atoms with Gasteiger partial charge in [-0.3, -0.25) is 14.4 Å². The maximum Gasteiger partial charge on any atom is 0.257 e. The van der Waals surface area contributed by atoms with Crippen LogP contribution in [0.3, 0.4) is 0 Å². The third-order valence-electron chi connectivity index (χ3n) is 4.49. The Morgan fingerprint density at radius 1 is 1.00 bits per heavy atom. The molecule has 30 heavy (non-hydrogen) atoms. The summed E-state index contributed by atoms with van der Waals surface area (Å²) >= 11 is 0. The van der Waals surface area contributed by atoms with Crippen molar-refractivity contribution >= 4 is 23.4 Å². The molecular weight excluding hydrogens is 386 g/mol. The average Bonchev–Trinajstić information content (AvgIpc) is 3.58. The normalized spacial score (nSPS) is 12.7. The molecule has 8 heteroatoms. The summed E-state index contributed by atoms with van der Waals surface area (Å²) in [5, 5.41) is 17.7. The van der Waals surface area contributed by atoms with Gasteiger partial charge in [-0.2, -0.15) is 0 Å². The zero-order valence-electron chi connectivity index (χ0n) is 16.5. The van der Waals surface area contributed by atoms with Crippen molar-refractivity contribution in [2.75, 3.05) is 25.0 Å². The van der Waals surface area contributed by atoms with Crippen molar-refractivity contribution < 1.29 is 24.2 Å². The van der Waals surface area contributed by atoms with Crippen LogP contribution in [0.2, 0.25) is 0 Å². The summed E-state index contributed by atoms with van der Waals surface area (Å²) in [7, 11) is 0. The molecule has 1 aliphatic carbocycles. The number of nitrogens with one attached hydrogen (secondary N) is 3. The second kappa shape index (κ2) is 10.3. The summed E-state index contributed by atoms with van der Waals surface area (Å²) in [6, 6.07) is 13.0. The van der Waals surface area contributed by atoms with E-state index >= 15 is 0 Å². The lowest BCUT2D eigenvalue weighted by Gasteiger charge is -2.10. The highest BCUT2D eigenvalue weighted by molar-refractivity contribution is 5.94. The summed E-state index contributed by atoms with van der Waals surface area (Å²) < 4.78 is 5.47. The number of carbonyl (C=O) groups excluding carboxylic acids is 3. The number of phenolic OH excluding ortho intramolecular Hbond substituents is 1. The van der Waals surface area contributed by atoms with Crippen molar-refractivity contribution in [3.05, 3.63) is 54.1 Å². The van der Waals surface area contributed by atoms with Crippen molar-refractivity contribution in [2.24, 2.45) is 5.92 Å². The van der Waals surface area contributed by atoms with E-state index in [0.29, 0.717) is 36.5 Å². The third-order valence-corrected chi connectivity index (χ3v) is 4.49. The zero-order valence-corrected chi connectivity index (χ0v) is 16.5. The molecular formula is C22H25N3O5. The molecule has 158 valence electrons. The first-order chi connectivity index (χ1) is 14.5. The standard InChI is InChI=1S/C22H25N3O5/c26-18-6-1-4-16(12-18)21(28)24-11-3-10-23-20(27)14-30-19-7-2-5-17(13-19)25-22(29)15-8-9-15/h1-2,4-7,12-13,15,26H,3,8-11,14H2,(H,23,27)(H,24,28)(H,25,29). The molecule has 1 aliphatic rings. The van der Waals surface area contributed by atoms with Crippen molar-refractivity contribution in [1.82, 2.24) is 10.6 Å². The highest BCUT2D eigenvalue weighted by Gasteiger charge is 2.29. The Hall–Kier alpha value is -3.55. The van der Waals surface area contributed by atoms with Crippen LogP contribution in [0.1, 0.15) is 29.6 Å². The fraction of sp³-hybridized carbons (Fsp3) is 0.318. The SMILES string of the molecule is O=C(COc1cccc(NC(=O)C2CC2)c1)NCCCNC(=O)c1cccc(O)c1. The molecule has 0 atom stereocenters. The first-order valence-electron chi connectivity index (χ1n) is 9.89. The van der Waals surface area contributed by atoms with Crippen LogP contribution in [-0.4, -0.2) is 42.5 Å². The van der Waals surface area contributed by atoms with Gasteiger partial charge in [0.2, 0.25) is 5.91 Å². The van der Waals surface area contributed by atoms with Crippen LogP contribution in [0.4, 0.5) is 5.69 Å². The Morgan fingerprint density at radius 3 is 2.53 bits per heavy atom. The van der Waals surface area contributed by atoms with Crippen molar-refractivity contribution in [2.45, 2.75) is 19.3 Å². The van der Waals surface area contributed by atoms with E-state index in [2.05, 4.69) is 16.0 Å². The monoisotopic (exact) mass is 411 g/mol. The van der Waals surface area contributed by atoms with Crippen LogP contribution >= 0.6 is 0 Å². The van der Waals surface area contributed by atoms with Crippen LogP contribution in [0.5, 0.6) is 11.5 Å². The summed E-state index contributed by atoms with van der Waals surface area (Å²) in [5.74, 6) is 0.102. The molecule has 2 aromatic rings. The molecule has 0 heterocycles. The quantitative estimate of drug-likeness (QED) is 0.447. The number of hydrogen-bond acceptors (Lipinski definition) is 5. The van der Waals surface area contributed by atoms with Gasteiger partial charge in [-0.15, -0.1) is 0 Å². The van der Waals surface area contributed by atoms with Crippen molar-refractivity contribution in [3.63, 3.8) is 0 Å². The number of rotatable bonds is 10. The van der Waals surface area contributed by atoms with Gasteiger partial charge in [-0.25, -0.2) is 0 Å². The lowest BCUT2D eigenvalue weighted by molar-refractivity contribution is -0.123. The van der Waals surface area contributed by atoms with Gasteiger partial charge in [0.05, 0.1) is 0 Å². The summed E-state index contributed by atoms with van der Waals surface area (Å²) in [4.78, 5) is 35.7. The predicted octanol–water partition coefficient (Wildman–Crippen LogP) is 2.06. The third kappa shape index (κ3) is 6.80. The molecule has 0 spiro atoms. The van der Waals surface area contributed by atoms with E-state index in [1.807, 2.05) is 0 Å². The first kappa shape index (κ1) is 21.2. The Balaban J connectivity index is 1.30. The van der Waals surface area contributed by atoms with Gasteiger partial charge < -0.3 is 25.8 Å². The number of benzene rings is 2. The lowest BCUT2D eigenvalue weighted by atomic mass is 10.2. The van der Waals surface area contributed by atoms with Gasteiger partial charge in [0, 0.05) is 36.3 Å². The summed E-state index contributed by atoms with van der Waals surface area (Å²) in [5.41, 5.74) is 1.02. The number of ether oxygens (including phenoxy) is 1. The molecule has 0 radical (unpaired) electrons. The maximum atomic E-state index is 11.9. The molecule has 1 fully saturated rings. The molecule has 0 unspecified atom stereocenters. The van der Waals surface area contributed by atoms with Crippen LogP contribution in [0.25, 0.3) is 0 Å². The van der Waals surface area contributed by atoms with E-state index in [9.17, 15) is 19.5 Å². The van der Waals surface area contributed by atoms with E-state index in [-0.39, 0.29) is 36.0 Å². The molecule has 3 rings (SSSR count). The van der Waals surface area contributed by atoms with Gasteiger partial charge in [0.25, 0.3) is 11.8 Å². The lowest BCUT2D eigenvalue weighted by Crippen LogP contribution is -2.32. The van der Waals surface area contributed by atoms with E-state index in [1.165, 1.54) is 12.1 Å². The van der Waals surface area contributed by atoms with E-state index in [4.69, 9.17) is 4.74 Å². The number of phenols is 1. The van der Waals surface area contributed by atoms with Gasteiger partial charge in [0.1, 0.15) is 11.5 Å². The van der Waals surface area contributed by atoms with Crippen molar-refractivity contribution in [1.29, 1.82) is 0 Å². The summed E-state index contributed by atoms with van der Waals surface area (Å²) in [6.07, 6.45) is 2.42. The highest BCUT2D eigenvalue weighted by atomic mass is 16.5. The zero-order chi connectivity index (χ0) is 21.3. The first-order valence-corrected chi connectivity index (χ1v) is 9.89. The number of anilines is 1. The molecule has 2 aromatic carbocycles. The second-order valence-corrected chi connectivity index (χ2v) is 7.09. The molecule has 3 amide bonds. The van der Waals surface area contributed by atoms with Crippen LogP contribution < -0.4 is 20.7 Å². The fourth-order valence-corrected chi connectivity index (χ4v) is 2.72. The summed E-state index contributed by atoms with van der Waals surface area (Å²) in [6.45, 7) is 0.633. The molecule has 0 aromatic heterocycles. The largest absolute Gasteiger partial charge is 0.508 e.